The van der Waals surface area contributed by atoms with Gasteiger partial charge in [-0.05, 0) is 39.2 Å². The van der Waals surface area contributed by atoms with Crippen LogP contribution in [-0.2, 0) is 20.9 Å². The second-order valence-electron chi connectivity index (χ2n) is 6.43. The minimum absolute atomic E-state index is 0.221. The normalized spacial score (nSPS) is 18.1. The fourth-order valence-electron chi connectivity index (χ4n) is 2.38. The predicted octanol–water partition coefficient (Wildman–Crippen LogP) is 3.13. The lowest BCUT2D eigenvalue weighted by atomic mass is 10.2. The van der Waals surface area contributed by atoms with Gasteiger partial charge in [0.1, 0.15) is 18.2 Å². The van der Waals surface area contributed by atoms with Gasteiger partial charge < -0.3 is 9.47 Å². The average molecular weight is 305 g/mol. The van der Waals surface area contributed by atoms with Crippen molar-refractivity contribution in [3.8, 4) is 0 Å². The van der Waals surface area contributed by atoms with Gasteiger partial charge in [0.25, 0.3) is 0 Å². The molecule has 5 heteroatoms. The highest BCUT2D eigenvalue weighted by molar-refractivity contribution is 5.82. The third-order valence-corrected chi connectivity index (χ3v) is 3.38. The number of hydrogen-bond acceptors (Lipinski definition) is 4. The number of likely N-dealkylation sites (tertiary alicyclic amines) is 1. The Labute approximate surface area is 131 Å². The Morgan fingerprint density at radius 1 is 1.23 bits per heavy atom. The van der Waals surface area contributed by atoms with E-state index in [2.05, 4.69) is 0 Å². The molecule has 1 aliphatic rings. The fourth-order valence-corrected chi connectivity index (χ4v) is 2.38. The van der Waals surface area contributed by atoms with Crippen molar-refractivity contribution in [2.45, 2.75) is 51.9 Å². The van der Waals surface area contributed by atoms with Crippen LogP contribution >= 0.6 is 0 Å². The average Bonchev–Trinajstić information content (AvgIpc) is 2.93. The maximum Gasteiger partial charge on any atom is 0.411 e. The van der Waals surface area contributed by atoms with E-state index in [-0.39, 0.29) is 12.6 Å². The number of ether oxygens (including phenoxy) is 2. The number of benzene rings is 1. The van der Waals surface area contributed by atoms with Crippen LogP contribution in [0.3, 0.4) is 0 Å². The van der Waals surface area contributed by atoms with Crippen molar-refractivity contribution in [3.05, 3.63) is 35.9 Å². The van der Waals surface area contributed by atoms with Crippen molar-refractivity contribution >= 4 is 12.1 Å². The van der Waals surface area contributed by atoms with E-state index in [4.69, 9.17) is 9.47 Å². The first-order valence-corrected chi connectivity index (χ1v) is 7.57. The van der Waals surface area contributed by atoms with Crippen LogP contribution in [0.4, 0.5) is 4.79 Å². The van der Waals surface area contributed by atoms with Crippen molar-refractivity contribution in [2.75, 3.05) is 6.54 Å². The molecule has 0 spiro atoms. The number of nitrogens with zero attached hydrogens (tertiary/aromatic N) is 1. The van der Waals surface area contributed by atoms with E-state index in [1.807, 2.05) is 51.1 Å². The molecule has 2 rings (SSSR count). The number of hydrogen-bond donors (Lipinski definition) is 0. The molecule has 1 aromatic carbocycles. The van der Waals surface area contributed by atoms with Gasteiger partial charge in [0, 0.05) is 6.54 Å². The van der Waals surface area contributed by atoms with E-state index in [1.165, 1.54) is 4.90 Å². The zero-order valence-electron chi connectivity index (χ0n) is 13.4. The summed E-state index contributed by atoms with van der Waals surface area (Å²) in [6.07, 6.45) is 0.948. The summed E-state index contributed by atoms with van der Waals surface area (Å²) < 4.78 is 10.7. The third-order valence-electron chi connectivity index (χ3n) is 3.38. The molecule has 120 valence electrons. The summed E-state index contributed by atoms with van der Waals surface area (Å²) in [6, 6.07) is 8.95. The van der Waals surface area contributed by atoms with Crippen molar-refractivity contribution in [3.63, 3.8) is 0 Å². The van der Waals surface area contributed by atoms with Gasteiger partial charge in [-0.2, -0.15) is 0 Å². The lowest BCUT2D eigenvalue weighted by Crippen LogP contribution is -2.44. The van der Waals surface area contributed by atoms with E-state index in [1.54, 1.807) is 0 Å². The maximum atomic E-state index is 12.2. The van der Waals surface area contributed by atoms with Crippen molar-refractivity contribution in [1.82, 2.24) is 4.90 Å². The summed E-state index contributed by atoms with van der Waals surface area (Å²) in [6.45, 7) is 6.18. The molecule has 1 heterocycles. The number of rotatable bonds is 3. The van der Waals surface area contributed by atoms with Gasteiger partial charge in [-0.15, -0.1) is 0 Å². The standard InChI is InChI=1S/C17H23NO4/c1-17(2,3)22-16(20)18-11-7-10-14(18)15(19)21-12-13-8-5-4-6-9-13/h4-6,8-9,14H,7,10-12H2,1-3H3/t14-/m0/s1. The molecule has 1 saturated heterocycles. The van der Waals surface area contributed by atoms with Gasteiger partial charge in [0.05, 0.1) is 0 Å². The molecule has 1 aromatic rings. The number of amides is 1. The smallest absolute Gasteiger partial charge is 0.411 e. The Kier molecular flexibility index (Phi) is 5.06. The van der Waals surface area contributed by atoms with Crippen molar-refractivity contribution < 1.29 is 19.1 Å². The molecule has 0 aromatic heterocycles. The zero-order valence-corrected chi connectivity index (χ0v) is 13.4. The molecule has 0 unspecified atom stereocenters. The summed E-state index contributed by atoms with van der Waals surface area (Å²) in [5.74, 6) is -0.368. The molecule has 5 nitrogen and oxygen atoms in total. The first kappa shape index (κ1) is 16.3. The minimum Gasteiger partial charge on any atom is -0.459 e. The van der Waals surface area contributed by atoms with Crippen LogP contribution in [0, 0.1) is 0 Å². The van der Waals surface area contributed by atoms with E-state index in [0.717, 1.165) is 12.0 Å². The van der Waals surface area contributed by atoms with Crippen LogP contribution in [0.5, 0.6) is 0 Å². The highest BCUT2D eigenvalue weighted by atomic mass is 16.6. The van der Waals surface area contributed by atoms with Crippen LogP contribution < -0.4 is 0 Å². The van der Waals surface area contributed by atoms with Crippen LogP contribution in [0.25, 0.3) is 0 Å². The zero-order chi connectivity index (χ0) is 16.2. The molecule has 0 saturated carbocycles. The van der Waals surface area contributed by atoms with E-state index in [9.17, 15) is 9.59 Å². The van der Waals surface area contributed by atoms with Gasteiger partial charge in [-0.3, -0.25) is 4.90 Å². The van der Waals surface area contributed by atoms with Gasteiger partial charge in [0.2, 0.25) is 0 Å². The maximum absolute atomic E-state index is 12.2. The summed E-state index contributed by atoms with van der Waals surface area (Å²) in [7, 11) is 0. The summed E-state index contributed by atoms with van der Waals surface area (Å²) >= 11 is 0. The van der Waals surface area contributed by atoms with Gasteiger partial charge in [0.15, 0.2) is 0 Å². The molecule has 0 bridgehead atoms. The van der Waals surface area contributed by atoms with Crippen LogP contribution in [0.2, 0.25) is 0 Å². The molecular weight excluding hydrogens is 282 g/mol. The van der Waals surface area contributed by atoms with E-state index < -0.39 is 17.7 Å². The molecule has 1 aliphatic heterocycles. The monoisotopic (exact) mass is 305 g/mol. The Morgan fingerprint density at radius 3 is 2.55 bits per heavy atom. The fraction of sp³-hybridized carbons (Fsp3) is 0.529. The number of carbonyl (C=O) groups is 2. The second kappa shape index (κ2) is 6.81. The molecule has 0 radical (unpaired) electrons. The Hall–Kier alpha value is -2.04. The molecule has 0 aliphatic carbocycles. The topological polar surface area (TPSA) is 55.8 Å². The highest BCUT2D eigenvalue weighted by Gasteiger charge is 2.37. The second-order valence-corrected chi connectivity index (χ2v) is 6.43. The molecule has 1 atom stereocenters. The van der Waals surface area contributed by atoms with Crippen molar-refractivity contribution in [2.24, 2.45) is 0 Å². The van der Waals surface area contributed by atoms with Gasteiger partial charge >= 0.3 is 12.1 Å². The highest BCUT2D eigenvalue weighted by Crippen LogP contribution is 2.22. The first-order chi connectivity index (χ1) is 10.4. The van der Waals surface area contributed by atoms with Gasteiger partial charge in [-0.1, -0.05) is 30.3 Å². The Morgan fingerprint density at radius 2 is 1.91 bits per heavy atom. The van der Waals surface area contributed by atoms with Crippen LogP contribution in [0.15, 0.2) is 30.3 Å². The lowest BCUT2D eigenvalue weighted by molar-refractivity contribution is -0.150. The summed E-state index contributed by atoms with van der Waals surface area (Å²) in [5.41, 5.74) is 0.357. The summed E-state index contributed by atoms with van der Waals surface area (Å²) in [5, 5.41) is 0. The molecule has 22 heavy (non-hydrogen) atoms. The molecule has 1 amide bonds. The van der Waals surface area contributed by atoms with Crippen LogP contribution in [-0.4, -0.2) is 35.2 Å². The van der Waals surface area contributed by atoms with E-state index >= 15 is 0 Å². The molecule has 1 fully saturated rings. The SMILES string of the molecule is CC(C)(C)OC(=O)N1CCC[C@H]1C(=O)OCc1ccccc1. The predicted molar refractivity (Wildman–Crippen MR) is 82.2 cm³/mol. The minimum atomic E-state index is -0.571. The first-order valence-electron chi connectivity index (χ1n) is 7.57. The Balaban J connectivity index is 1.92. The van der Waals surface area contributed by atoms with E-state index in [0.29, 0.717) is 13.0 Å². The molecule has 0 N–H and O–H groups in total. The van der Waals surface area contributed by atoms with Crippen LogP contribution in [0.1, 0.15) is 39.2 Å². The number of carbonyl (C=O) groups excluding carboxylic acids is 2. The van der Waals surface area contributed by atoms with Crippen molar-refractivity contribution in [1.29, 1.82) is 0 Å². The largest absolute Gasteiger partial charge is 0.459 e. The number of esters is 1. The van der Waals surface area contributed by atoms with Gasteiger partial charge in [-0.25, -0.2) is 9.59 Å². The quantitative estimate of drug-likeness (QED) is 0.805. The molecular formula is C17H23NO4. The summed E-state index contributed by atoms with van der Waals surface area (Å²) in [4.78, 5) is 25.8. The third kappa shape index (κ3) is 4.48. The Bertz CT molecular complexity index is 521. The lowest BCUT2D eigenvalue weighted by Gasteiger charge is -2.27.